The molecule has 3 rings (SSSR count). The average Bonchev–Trinajstić information content (AvgIpc) is 3.26. The van der Waals surface area contributed by atoms with E-state index in [2.05, 4.69) is 36.4 Å². The zero-order valence-electron chi connectivity index (χ0n) is 14.6. The van der Waals surface area contributed by atoms with Gasteiger partial charge in [-0.1, -0.05) is 15.9 Å². The van der Waals surface area contributed by atoms with Gasteiger partial charge in [-0.3, -0.25) is 4.79 Å². The van der Waals surface area contributed by atoms with Gasteiger partial charge in [-0.25, -0.2) is 4.79 Å². The Morgan fingerprint density at radius 3 is 2.52 bits per heavy atom. The van der Waals surface area contributed by atoms with E-state index in [1.165, 1.54) is 11.3 Å². The van der Waals surface area contributed by atoms with Gasteiger partial charge in [0.05, 0.1) is 5.69 Å². The maximum Gasteiger partial charge on any atom is 0.490 e. The molecule has 1 amide bonds. The van der Waals surface area contributed by atoms with Gasteiger partial charge in [0.2, 0.25) is 5.91 Å². The van der Waals surface area contributed by atoms with Gasteiger partial charge in [-0.2, -0.15) is 13.2 Å². The van der Waals surface area contributed by atoms with E-state index in [-0.39, 0.29) is 5.91 Å². The minimum atomic E-state index is -5.08. The monoisotopic (exact) mass is 493 g/mol. The molecule has 2 heterocycles. The number of carboxylic acids is 1. The number of aromatic nitrogens is 3. The van der Waals surface area contributed by atoms with Gasteiger partial charge < -0.3 is 21.1 Å². The van der Waals surface area contributed by atoms with Crippen molar-refractivity contribution in [2.24, 2.45) is 5.73 Å². The number of hydrogen-bond donors (Lipinski definition) is 4. The molecule has 8 nitrogen and oxygen atoms in total. The number of fused-ring (bicyclic) bond motifs is 1. The van der Waals surface area contributed by atoms with Gasteiger partial charge in [-0.15, -0.1) is 21.5 Å². The fraction of sp³-hybridized carbons (Fsp3) is 0.250. The van der Waals surface area contributed by atoms with Crippen LogP contribution < -0.4 is 11.1 Å². The predicted molar refractivity (Wildman–Crippen MR) is 104 cm³/mol. The Hall–Kier alpha value is -2.51. The molecule has 1 aromatic carbocycles. The third kappa shape index (κ3) is 6.80. The lowest BCUT2D eigenvalue weighted by atomic mass is 10.2. The van der Waals surface area contributed by atoms with Crippen molar-refractivity contribution in [2.75, 3.05) is 5.32 Å². The Balaban J connectivity index is 0.000000370. The van der Waals surface area contributed by atoms with E-state index in [4.69, 9.17) is 15.6 Å². The quantitative estimate of drug-likeness (QED) is 0.430. The molecule has 0 aliphatic heterocycles. The Morgan fingerprint density at radius 1 is 1.28 bits per heavy atom. The van der Waals surface area contributed by atoms with Gasteiger partial charge in [0.25, 0.3) is 0 Å². The Kier molecular flexibility index (Phi) is 7.70. The molecule has 0 unspecified atom stereocenters. The third-order valence-electron chi connectivity index (χ3n) is 3.41. The first-order chi connectivity index (χ1) is 13.6. The van der Waals surface area contributed by atoms with Gasteiger partial charge in [0, 0.05) is 41.0 Å². The standard InChI is InChI=1S/C14H14BrN5OS.C2HF3O2/c15-8-1-2-9-10(5-8)17-7-11(9)18-12(21)3-4-13-19-20-14(6-16)22-13;3-2(4,5)1(6)7/h1-2,5,7,17H,3-4,6,16H2,(H,18,21);(H,6,7). The van der Waals surface area contributed by atoms with Gasteiger partial charge in [0.1, 0.15) is 10.0 Å². The number of amides is 1. The van der Waals surface area contributed by atoms with E-state index >= 15 is 0 Å². The Morgan fingerprint density at radius 2 is 1.93 bits per heavy atom. The number of nitrogens with zero attached hydrogens (tertiary/aromatic N) is 2. The highest BCUT2D eigenvalue weighted by atomic mass is 79.9. The molecular formula is C16H15BrF3N5O3S. The van der Waals surface area contributed by atoms with Crippen molar-refractivity contribution in [1.82, 2.24) is 15.2 Å². The number of aromatic amines is 1. The van der Waals surface area contributed by atoms with Crippen LogP contribution in [-0.2, 0) is 22.6 Å². The lowest BCUT2D eigenvalue weighted by Crippen LogP contribution is -2.21. The van der Waals surface area contributed by atoms with Crippen molar-refractivity contribution in [2.45, 2.75) is 25.6 Å². The summed E-state index contributed by atoms with van der Waals surface area (Å²) in [5.41, 5.74) is 7.25. The van der Waals surface area contributed by atoms with E-state index in [0.717, 1.165) is 31.1 Å². The fourth-order valence-corrected chi connectivity index (χ4v) is 3.19. The first-order valence-corrected chi connectivity index (χ1v) is 9.59. The maximum absolute atomic E-state index is 12.1. The van der Waals surface area contributed by atoms with Crippen LogP contribution in [0.4, 0.5) is 18.9 Å². The smallest absolute Gasteiger partial charge is 0.475 e. The second kappa shape index (κ2) is 9.80. The number of alkyl halides is 3. The lowest BCUT2D eigenvalue weighted by Gasteiger charge is -2.02. The van der Waals surface area contributed by atoms with Crippen LogP contribution in [0.15, 0.2) is 28.9 Å². The zero-order chi connectivity index (χ0) is 21.6. The molecule has 2 aromatic heterocycles. The number of H-pyrrole nitrogens is 1. The van der Waals surface area contributed by atoms with Gasteiger partial charge >= 0.3 is 12.1 Å². The number of aliphatic carboxylic acids is 1. The second-order valence-electron chi connectivity index (χ2n) is 5.54. The number of carbonyl (C=O) groups excluding carboxylic acids is 1. The van der Waals surface area contributed by atoms with Gasteiger partial charge in [0.15, 0.2) is 0 Å². The molecule has 0 atom stereocenters. The number of carbonyl (C=O) groups is 2. The number of hydrogen-bond acceptors (Lipinski definition) is 6. The summed E-state index contributed by atoms with van der Waals surface area (Å²) in [6.45, 7) is 0.384. The molecular weight excluding hydrogens is 479 g/mol. The molecule has 0 fully saturated rings. The topological polar surface area (TPSA) is 134 Å². The number of aryl methyl sites for hydroxylation is 1. The van der Waals surface area contributed by atoms with Crippen molar-refractivity contribution >= 4 is 55.7 Å². The minimum Gasteiger partial charge on any atom is -0.475 e. The largest absolute Gasteiger partial charge is 0.490 e. The van der Waals surface area contributed by atoms with E-state index in [1.54, 1.807) is 6.20 Å². The SMILES string of the molecule is NCc1nnc(CCC(=O)Nc2c[nH]c3cc(Br)ccc23)s1.O=C(O)C(F)(F)F. The summed E-state index contributed by atoms with van der Waals surface area (Å²) in [5.74, 6) is -2.80. The average molecular weight is 494 g/mol. The molecule has 0 aliphatic rings. The normalized spacial score (nSPS) is 11.1. The van der Waals surface area contributed by atoms with Crippen molar-refractivity contribution < 1.29 is 27.9 Å². The fourth-order valence-electron chi connectivity index (χ4n) is 2.11. The lowest BCUT2D eigenvalue weighted by molar-refractivity contribution is -0.192. The van der Waals surface area contributed by atoms with Gasteiger partial charge in [-0.05, 0) is 18.2 Å². The number of rotatable bonds is 5. The number of halogens is 4. The molecule has 0 bridgehead atoms. The number of benzene rings is 1. The highest BCUT2D eigenvalue weighted by molar-refractivity contribution is 9.10. The molecule has 13 heteroatoms. The molecule has 156 valence electrons. The summed E-state index contributed by atoms with van der Waals surface area (Å²) >= 11 is 4.87. The van der Waals surface area contributed by atoms with Crippen LogP contribution in [0, 0.1) is 0 Å². The molecule has 0 spiro atoms. The van der Waals surface area contributed by atoms with Crippen molar-refractivity contribution in [3.8, 4) is 0 Å². The zero-order valence-corrected chi connectivity index (χ0v) is 17.0. The summed E-state index contributed by atoms with van der Waals surface area (Å²) in [7, 11) is 0. The number of anilines is 1. The summed E-state index contributed by atoms with van der Waals surface area (Å²) in [5, 5.41) is 20.6. The first-order valence-electron chi connectivity index (χ1n) is 7.98. The van der Waals surface area contributed by atoms with E-state index in [0.29, 0.717) is 19.4 Å². The van der Waals surface area contributed by atoms with Crippen molar-refractivity contribution in [3.63, 3.8) is 0 Å². The van der Waals surface area contributed by atoms with E-state index in [1.807, 2.05) is 18.2 Å². The number of nitrogens with two attached hydrogens (primary N) is 1. The minimum absolute atomic E-state index is 0.0479. The van der Waals surface area contributed by atoms with Crippen molar-refractivity contribution in [1.29, 1.82) is 0 Å². The highest BCUT2D eigenvalue weighted by Crippen LogP contribution is 2.26. The molecule has 0 radical (unpaired) electrons. The molecule has 29 heavy (non-hydrogen) atoms. The van der Waals surface area contributed by atoms with E-state index < -0.39 is 12.1 Å². The molecule has 0 saturated heterocycles. The Labute approximate surface area is 174 Å². The second-order valence-corrected chi connectivity index (χ2v) is 7.60. The van der Waals surface area contributed by atoms with Crippen LogP contribution in [-0.4, -0.2) is 38.3 Å². The van der Waals surface area contributed by atoms with Crippen molar-refractivity contribution in [3.05, 3.63) is 38.9 Å². The highest BCUT2D eigenvalue weighted by Gasteiger charge is 2.38. The third-order valence-corrected chi connectivity index (χ3v) is 4.91. The van der Waals surface area contributed by atoms with Crippen LogP contribution in [0.25, 0.3) is 10.9 Å². The molecule has 5 N–H and O–H groups in total. The first kappa shape index (κ1) is 22.8. The van der Waals surface area contributed by atoms with Crippen LogP contribution in [0.5, 0.6) is 0 Å². The van der Waals surface area contributed by atoms with Crippen LogP contribution >= 0.6 is 27.3 Å². The molecule has 0 saturated carbocycles. The van der Waals surface area contributed by atoms with E-state index in [9.17, 15) is 18.0 Å². The maximum atomic E-state index is 12.1. The van der Waals surface area contributed by atoms with Crippen LogP contribution in [0.1, 0.15) is 16.4 Å². The Bertz CT molecular complexity index is 1010. The van der Waals surface area contributed by atoms with Crippen LogP contribution in [0.3, 0.4) is 0 Å². The number of nitrogens with one attached hydrogen (secondary N) is 2. The molecule has 3 aromatic rings. The number of carboxylic acid groups (broad SMARTS) is 1. The summed E-state index contributed by atoms with van der Waals surface area (Å²) in [6, 6.07) is 5.88. The predicted octanol–water partition coefficient (Wildman–Crippen LogP) is 3.45. The summed E-state index contributed by atoms with van der Waals surface area (Å²) in [4.78, 5) is 24.1. The molecule has 0 aliphatic carbocycles. The van der Waals surface area contributed by atoms with Crippen LogP contribution in [0.2, 0.25) is 0 Å². The summed E-state index contributed by atoms with van der Waals surface area (Å²) < 4.78 is 32.7. The summed E-state index contributed by atoms with van der Waals surface area (Å²) in [6.07, 6.45) is -2.35.